The van der Waals surface area contributed by atoms with Crippen LogP contribution in [0.1, 0.15) is 17.0 Å². The van der Waals surface area contributed by atoms with Gasteiger partial charge in [-0.05, 0) is 23.8 Å². The van der Waals surface area contributed by atoms with E-state index in [-0.39, 0.29) is 0 Å². The second kappa shape index (κ2) is 5.07. The third-order valence-electron chi connectivity index (χ3n) is 3.57. The van der Waals surface area contributed by atoms with E-state index in [4.69, 9.17) is 0 Å². The minimum atomic E-state index is 0.580. The number of hydrogen-bond acceptors (Lipinski definition) is 2. The van der Waals surface area contributed by atoms with Crippen molar-refractivity contribution >= 4 is 21.6 Å². The lowest BCUT2D eigenvalue weighted by molar-refractivity contribution is 0.525. The highest BCUT2D eigenvalue weighted by Crippen LogP contribution is 2.34. The molecule has 1 fully saturated rings. The molecule has 0 bridgehead atoms. The Labute approximate surface area is 121 Å². The topological polar surface area (TPSA) is 27.0 Å². The van der Waals surface area contributed by atoms with E-state index < -0.39 is 0 Å². The van der Waals surface area contributed by atoms with Gasteiger partial charge in [0.25, 0.3) is 0 Å². The Morgan fingerprint density at radius 1 is 1.11 bits per heavy atom. The van der Waals surface area contributed by atoms with Gasteiger partial charge in [0.05, 0.1) is 11.3 Å². The summed E-state index contributed by atoms with van der Waals surface area (Å²) in [7, 11) is 0. The fraction of sp³-hybridized carbons (Fsp3) is 0.188. The zero-order valence-electron chi connectivity index (χ0n) is 10.4. The molecule has 1 saturated heterocycles. The molecule has 1 aliphatic rings. The molecule has 3 heteroatoms. The van der Waals surface area contributed by atoms with Crippen LogP contribution < -0.4 is 4.90 Å². The first-order chi connectivity index (χ1) is 9.28. The van der Waals surface area contributed by atoms with E-state index in [0.717, 1.165) is 28.8 Å². The molecule has 0 radical (unpaired) electrons. The number of rotatable bonds is 2. The Bertz CT molecular complexity index is 625. The van der Waals surface area contributed by atoms with Crippen LogP contribution in [0.5, 0.6) is 0 Å². The Hall–Kier alpha value is -1.79. The van der Waals surface area contributed by atoms with E-state index >= 15 is 0 Å². The Kier molecular flexibility index (Phi) is 3.27. The van der Waals surface area contributed by atoms with Gasteiger partial charge in [0.15, 0.2) is 0 Å². The summed E-state index contributed by atoms with van der Waals surface area (Å²) in [5.41, 5.74) is 3.16. The standard InChI is InChI=1S/C16H13BrN2/c17-15-6-7-16(13(8-15)9-18)19-10-14(11-19)12-4-2-1-3-5-12/h1-8,14H,10-11H2. The first-order valence-corrected chi connectivity index (χ1v) is 7.07. The predicted molar refractivity (Wildman–Crippen MR) is 80.3 cm³/mol. The Morgan fingerprint density at radius 2 is 1.84 bits per heavy atom. The van der Waals surface area contributed by atoms with Crippen LogP contribution in [0.2, 0.25) is 0 Å². The van der Waals surface area contributed by atoms with E-state index in [2.05, 4.69) is 51.2 Å². The van der Waals surface area contributed by atoms with Crippen molar-refractivity contribution in [1.82, 2.24) is 0 Å². The maximum Gasteiger partial charge on any atom is 0.101 e. The smallest absolute Gasteiger partial charge is 0.101 e. The quantitative estimate of drug-likeness (QED) is 0.840. The van der Waals surface area contributed by atoms with Gasteiger partial charge in [0.1, 0.15) is 6.07 Å². The van der Waals surface area contributed by atoms with Gasteiger partial charge in [-0.25, -0.2) is 0 Å². The molecule has 2 aromatic carbocycles. The van der Waals surface area contributed by atoms with Crippen LogP contribution in [0.25, 0.3) is 0 Å². The summed E-state index contributed by atoms with van der Waals surface area (Å²) in [5, 5.41) is 9.20. The minimum Gasteiger partial charge on any atom is -0.369 e. The highest BCUT2D eigenvalue weighted by Gasteiger charge is 2.29. The van der Waals surface area contributed by atoms with Gasteiger partial charge in [-0.15, -0.1) is 0 Å². The zero-order valence-corrected chi connectivity index (χ0v) is 12.0. The van der Waals surface area contributed by atoms with Gasteiger partial charge in [-0.2, -0.15) is 5.26 Å². The third kappa shape index (κ3) is 2.36. The van der Waals surface area contributed by atoms with Gasteiger partial charge in [0.2, 0.25) is 0 Å². The van der Waals surface area contributed by atoms with Crippen LogP contribution in [-0.2, 0) is 0 Å². The molecule has 2 nitrogen and oxygen atoms in total. The molecule has 0 aromatic heterocycles. The summed E-state index contributed by atoms with van der Waals surface area (Å²) < 4.78 is 0.952. The van der Waals surface area contributed by atoms with E-state index in [1.807, 2.05) is 24.3 Å². The maximum absolute atomic E-state index is 9.20. The second-order valence-corrected chi connectivity index (χ2v) is 5.70. The molecule has 1 heterocycles. The van der Waals surface area contributed by atoms with Crippen LogP contribution in [0, 0.1) is 11.3 Å². The molecule has 0 spiro atoms. The van der Waals surface area contributed by atoms with Crippen molar-refractivity contribution in [1.29, 1.82) is 5.26 Å². The minimum absolute atomic E-state index is 0.580. The van der Waals surface area contributed by atoms with E-state index in [1.165, 1.54) is 5.56 Å². The monoisotopic (exact) mass is 312 g/mol. The zero-order chi connectivity index (χ0) is 13.2. The lowest BCUT2D eigenvalue weighted by Crippen LogP contribution is -2.45. The van der Waals surface area contributed by atoms with Crippen LogP contribution in [0.15, 0.2) is 53.0 Å². The Balaban J connectivity index is 1.76. The molecule has 0 aliphatic carbocycles. The van der Waals surface area contributed by atoms with Crippen LogP contribution in [-0.4, -0.2) is 13.1 Å². The van der Waals surface area contributed by atoms with Crippen LogP contribution in [0.4, 0.5) is 5.69 Å². The number of nitriles is 1. The van der Waals surface area contributed by atoms with Crippen molar-refractivity contribution in [2.45, 2.75) is 5.92 Å². The average Bonchev–Trinajstić information content (AvgIpc) is 2.40. The highest BCUT2D eigenvalue weighted by atomic mass is 79.9. The number of halogens is 1. The molecule has 0 amide bonds. The van der Waals surface area contributed by atoms with Gasteiger partial charge < -0.3 is 4.90 Å². The van der Waals surface area contributed by atoms with Gasteiger partial charge in [-0.3, -0.25) is 0 Å². The van der Waals surface area contributed by atoms with E-state index in [0.29, 0.717) is 5.92 Å². The third-order valence-corrected chi connectivity index (χ3v) is 4.07. The maximum atomic E-state index is 9.20. The predicted octanol–water partition coefficient (Wildman–Crippen LogP) is 3.92. The fourth-order valence-electron chi connectivity index (χ4n) is 2.48. The first kappa shape index (κ1) is 12.3. The molecular weight excluding hydrogens is 300 g/mol. The molecule has 1 aliphatic heterocycles. The molecule has 19 heavy (non-hydrogen) atoms. The number of benzene rings is 2. The molecule has 2 aromatic rings. The average molecular weight is 313 g/mol. The number of nitrogens with zero attached hydrogens (tertiary/aromatic N) is 2. The fourth-order valence-corrected chi connectivity index (χ4v) is 2.85. The van der Waals surface area contributed by atoms with Crippen LogP contribution >= 0.6 is 15.9 Å². The number of anilines is 1. The highest BCUT2D eigenvalue weighted by molar-refractivity contribution is 9.10. The van der Waals surface area contributed by atoms with Gasteiger partial charge >= 0.3 is 0 Å². The van der Waals surface area contributed by atoms with Crippen molar-refractivity contribution < 1.29 is 0 Å². The molecule has 94 valence electrons. The molecule has 0 unspecified atom stereocenters. The molecular formula is C16H13BrN2. The summed E-state index contributed by atoms with van der Waals surface area (Å²) in [6, 6.07) is 18.7. The normalized spacial score (nSPS) is 14.8. The second-order valence-electron chi connectivity index (χ2n) is 4.79. The van der Waals surface area contributed by atoms with Gasteiger partial charge in [-0.1, -0.05) is 46.3 Å². The SMILES string of the molecule is N#Cc1cc(Br)ccc1N1CC(c2ccccc2)C1. The first-order valence-electron chi connectivity index (χ1n) is 6.27. The molecule has 3 rings (SSSR count). The Morgan fingerprint density at radius 3 is 2.53 bits per heavy atom. The van der Waals surface area contributed by atoms with Crippen molar-refractivity contribution in [3.63, 3.8) is 0 Å². The van der Waals surface area contributed by atoms with Crippen molar-refractivity contribution in [2.24, 2.45) is 0 Å². The summed E-state index contributed by atoms with van der Waals surface area (Å²) >= 11 is 3.41. The summed E-state index contributed by atoms with van der Waals surface area (Å²) in [6.07, 6.45) is 0. The van der Waals surface area contributed by atoms with Crippen LogP contribution in [0.3, 0.4) is 0 Å². The summed E-state index contributed by atoms with van der Waals surface area (Å²) in [5.74, 6) is 0.580. The van der Waals surface area contributed by atoms with Crippen molar-refractivity contribution in [3.8, 4) is 6.07 Å². The lowest BCUT2D eigenvalue weighted by atomic mass is 9.90. The lowest BCUT2D eigenvalue weighted by Gasteiger charge is -2.41. The summed E-state index contributed by atoms with van der Waals surface area (Å²) in [6.45, 7) is 1.97. The van der Waals surface area contributed by atoms with E-state index in [9.17, 15) is 5.26 Å². The number of hydrogen-bond donors (Lipinski definition) is 0. The molecule has 0 N–H and O–H groups in total. The summed E-state index contributed by atoms with van der Waals surface area (Å²) in [4.78, 5) is 2.27. The van der Waals surface area contributed by atoms with Crippen molar-refractivity contribution in [3.05, 3.63) is 64.1 Å². The van der Waals surface area contributed by atoms with Crippen molar-refractivity contribution in [2.75, 3.05) is 18.0 Å². The molecule has 0 atom stereocenters. The van der Waals surface area contributed by atoms with Gasteiger partial charge in [0, 0.05) is 23.5 Å². The van der Waals surface area contributed by atoms with E-state index in [1.54, 1.807) is 0 Å². The molecule has 0 saturated carbocycles. The largest absolute Gasteiger partial charge is 0.369 e.